The summed E-state index contributed by atoms with van der Waals surface area (Å²) in [5, 5.41) is 6.19. The average molecular weight is 603 g/mol. The molecule has 5 nitrogen and oxygen atoms in total. The minimum atomic E-state index is -4.37. The highest BCUT2D eigenvalue weighted by Crippen LogP contribution is 2.30. The fourth-order valence-electron chi connectivity index (χ4n) is 5.04. The molecule has 0 unspecified atom stereocenters. The van der Waals surface area contributed by atoms with E-state index in [0.29, 0.717) is 43.5 Å². The van der Waals surface area contributed by atoms with Gasteiger partial charge in [-0.3, -0.25) is 4.79 Å². The Bertz CT molecular complexity index is 1440. The Kier molecular flexibility index (Phi) is 11.7. The zero-order valence-corrected chi connectivity index (χ0v) is 24.6. The minimum absolute atomic E-state index is 0.0272. The number of amides is 1. The molecule has 230 valence electrons. The smallest absolute Gasteiger partial charge is 0.416 e. The fourth-order valence-corrected chi connectivity index (χ4v) is 5.04. The van der Waals surface area contributed by atoms with Crippen LogP contribution in [0.25, 0.3) is 0 Å². The average Bonchev–Trinajstić information content (AvgIpc) is 3.03. The molecule has 4 aromatic rings. The van der Waals surface area contributed by atoms with Crippen molar-refractivity contribution < 1.29 is 27.5 Å². The van der Waals surface area contributed by atoms with Gasteiger partial charge in [-0.2, -0.15) is 13.2 Å². The Morgan fingerprint density at radius 2 is 1.41 bits per heavy atom. The van der Waals surface area contributed by atoms with Crippen LogP contribution in [0.1, 0.15) is 57.4 Å². The van der Waals surface area contributed by atoms with E-state index in [4.69, 9.17) is 4.74 Å². The third-order valence-electron chi connectivity index (χ3n) is 7.34. The predicted molar refractivity (Wildman–Crippen MR) is 165 cm³/mol. The lowest BCUT2D eigenvalue weighted by atomic mass is 9.88. The summed E-state index contributed by atoms with van der Waals surface area (Å²) in [7, 11) is 0. The number of hydrogen-bond acceptors (Lipinski definition) is 4. The third-order valence-corrected chi connectivity index (χ3v) is 7.34. The number of hydrogen-bond donors (Lipinski definition) is 2. The van der Waals surface area contributed by atoms with Gasteiger partial charge in [0.25, 0.3) is 0 Å². The van der Waals surface area contributed by atoms with Crippen LogP contribution in [0.5, 0.6) is 0 Å². The Hall–Kier alpha value is -4.43. The number of carbonyl (C=O) groups is 2. The summed E-state index contributed by atoms with van der Waals surface area (Å²) in [5.74, 6) is -0.512. The summed E-state index contributed by atoms with van der Waals surface area (Å²) < 4.78 is 44.1. The van der Waals surface area contributed by atoms with Crippen LogP contribution < -0.4 is 10.6 Å². The molecule has 0 radical (unpaired) electrons. The van der Waals surface area contributed by atoms with Gasteiger partial charge in [-0.1, -0.05) is 91.0 Å². The first kappa shape index (κ1) is 32.5. The second-order valence-corrected chi connectivity index (χ2v) is 10.8. The van der Waals surface area contributed by atoms with Crippen LogP contribution in [0.3, 0.4) is 0 Å². The van der Waals surface area contributed by atoms with E-state index in [-0.39, 0.29) is 24.5 Å². The molecule has 0 bridgehead atoms. The van der Waals surface area contributed by atoms with Crippen LogP contribution in [0.4, 0.5) is 13.2 Å². The van der Waals surface area contributed by atoms with Crippen molar-refractivity contribution in [2.24, 2.45) is 0 Å². The molecule has 0 aliphatic rings. The summed E-state index contributed by atoms with van der Waals surface area (Å²) in [5.41, 5.74) is 3.51. The van der Waals surface area contributed by atoms with Gasteiger partial charge >= 0.3 is 12.1 Å². The molecule has 4 rings (SSSR count). The quantitative estimate of drug-likeness (QED) is 0.121. The summed E-state index contributed by atoms with van der Waals surface area (Å²) in [4.78, 5) is 25.3. The molecule has 8 heteroatoms. The van der Waals surface area contributed by atoms with Crippen LogP contribution in [0, 0.1) is 0 Å². The van der Waals surface area contributed by atoms with Crippen molar-refractivity contribution in [3.05, 3.63) is 143 Å². The third kappa shape index (κ3) is 10.1. The van der Waals surface area contributed by atoms with Gasteiger partial charge in [0.1, 0.15) is 6.61 Å². The maximum absolute atomic E-state index is 12.9. The lowest BCUT2D eigenvalue weighted by molar-refractivity contribution is -0.137. The maximum atomic E-state index is 12.9. The topological polar surface area (TPSA) is 67.4 Å². The molecular weight excluding hydrogens is 565 g/mol. The first-order chi connectivity index (χ1) is 21.2. The SMILES string of the molecule is C[C@@H](Cc1cccc(C(F)(F)F)c1)NCCOC(=O)c1ccc(CCNC(=O)CC(c2ccccc2)c2ccccc2)cc1. The minimum Gasteiger partial charge on any atom is -0.461 e. The molecule has 0 aliphatic heterocycles. The number of benzene rings is 4. The van der Waals surface area contributed by atoms with E-state index in [9.17, 15) is 22.8 Å². The summed E-state index contributed by atoms with van der Waals surface area (Å²) in [6, 6.07) is 32.3. The Labute approximate surface area is 256 Å². The van der Waals surface area contributed by atoms with Crippen molar-refractivity contribution in [1.82, 2.24) is 10.6 Å². The van der Waals surface area contributed by atoms with Gasteiger partial charge in [-0.15, -0.1) is 0 Å². The molecule has 0 heterocycles. The van der Waals surface area contributed by atoms with Crippen molar-refractivity contribution >= 4 is 11.9 Å². The van der Waals surface area contributed by atoms with Crippen molar-refractivity contribution in [3.8, 4) is 0 Å². The normalized spacial score (nSPS) is 12.1. The van der Waals surface area contributed by atoms with E-state index in [2.05, 4.69) is 10.6 Å². The van der Waals surface area contributed by atoms with Gasteiger partial charge < -0.3 is 15.4 Å². The second kappa shape index (κ2) is 15.9. The van der Waals surface area contributed by atoms with Crippen molar-refractivity contribution in [1.29, 1.82) is 0 Å². The fraction of sp³-hybridized carbons (Fsp3) is 0.278. The standard InChI is InChI=1S/C36H37F3N2O3/c1-26(23-28-9-8-14-32(24-28)36(37,38)39)40-21-22-44-35(43)31-17-15-27(16-18-31)19-20-41-34(42)25-33(29-10-4-2-5-11-29)30-12-6-3-7-13-30/h2-18,24,26,33,40H,19-23,25H2,1H3,(H,41,42)/t26-/m0/s1. The van der Waals surface area contributed by atoms with E-state index in [1.807, 2.05) is 79.7 Å². The van der Waals surface area contributed by atoms with Gasteiger partial charge in [-0.05, 0) is 60.2 Å². The highest BCUT2D eigenvalue weighted by atomic mass is 19.4. The molecule has 0 aromatic heterocycles. The summed E-state index contributed by atoms with van der Waals surface area (Å²) >= 11 is 0. The first-order valence-electron chi connectivity index (χ1n) is 14.7. The summed E-state index contributed by atoms with van der Waals surface area (Å²) in [6.07, 6.45) is -2.99. The zero-order valence-electron chi connectivity index (χ0n) is 24.6. The van der Waals surface area contributed by atoms with Crippen LogP contribution in [-0.4, -0.2) is 37.6 Å². The molecule has 0 spiro atoms. The largest absolute Gasteiger partial charge is 0.461 e. The molecule has 0 aliphatic carbocycles. The van der Waals surface area contributed by atoms with Gasteiger partial charge in [0.05, 0.1) is 11.1 Å². The Morgan fingerprint density at radius 3 is 2.02 bits per heavy atom. The molecule has 0 saturated heterocycles. The monoisotopic (exact) mass is 602 g/mol. The number of esters is 1. The molecule has 0 fully saturated rings. The van der Waals surface area contributed by atoms with E-state index in [1.165, 1.54) is 6.07 Å². The number of nitrogens with one attached hydrogen (secondary N) is 2. The van der Waals surface area contributed by atoms with E-state index >= 15 is 0 Å². The van der Waals surface area contributed by atoms with Gasteiger partial charge in [0.2, 0.25) is 5.91 Å². The molecule has 44 heavy (non-hydrogen) atoms. The maximum Gasteiger partial charge on any atom is 0.416 e. The molecular formula is C36H37F3N2O3. The van der Waals surface area contributed by atoms with Crippen LogP contribution in [-0.2, 0) is 28.5 Å². The Morgan fingerprint density at radius 1 is 0.773 bits per heavy atom. The highest BCUT2D eigenvalue weighted by molar-refractivity contribution is 5.89. The number of carbonyl (C=O) groups excluding carboxylic acids is 2. The molecule has 1 amide bonds. The molecule has 0 saturated carbocycles. The van der Waals surface area contributed by atoms with Crippen molar-refractivity contribution in [2.45, 2.75) is 44.3 Å². The lowest BCUT2D eigenvalue weighted by Gasteiger charge is -2.18. The number of halogens is 3. The van der Waals surface area contributed by atoms with Gasteiger partial charge in [0.15, 0.2) is 0 Å². The van der Waals surface area contributed by atoms with Crippen molar-refractivity contribution in [2.75, 3.05) is 19.7 Å². The van der Waals surface area contributed by atoms with Crippen LogP contribution >= 0.6 is 0 Å². The molecule has 1 atom stereocenters. The number of ether oxygens (including phenoxy) is 1. The van der Waals surface area contributed by atoms with Crippen LogP contribution in [0.15, 0.2) is 109 Å². The number of alkyl halides is 3. The Balaban J connectivity index is 1.16. The van der Waals surface area contributed by atoms with Crippen LogP contribution in [0.2, 0.25) is 0 Å². The van der Waals surface area contributed by atoms with Gasteiger partial charge in [-0.25, -0.2) is 4.79 Å². The second-order valence-electron chi connectivity index (χ2n) is 10.8. The van der Waals surface area contributed by atoms with Crippen molar-refractivity contribution in [3.63, 3.8) is 0 Å². The molecule has 2 N–H and O–H groups in total. The number of rotatable bonds is 14. The molecule has 4 aromatic carbocycles. The van der Waals surface area contributed by atoms with Gasteiger partial charge in [0, 0.05) is 31.5 Å². The van der Waals surface area contributed by atoms with E-state index in [1.54, 1.807) is 18.2 Å². The lowest BCUT2D eigenvalue weighted by Crippen LogP contribution is -2.31. The predicted octanol–water partition coefficient (Wildman–Crippen LogP) is 6.96. The summed E-state index contributed by atoms with van der Waals surface area (Å²) in [6.45, 7) is 2.85. The van der Waals surface area contributed by atoms with E-state index < -0.39 is 17.7 Å². The highest BCUT2D eigenvalue weighted by Gasteiger charge is 2.30. The first-order valence-corrected chi connectivity index (χ1v) is 14.7. The zero-order chi connectivity index (χ0) is 31.4. The van der Waals surface area contributed by atoms with E-state index in [0.717, 1.165) is 28.8 Å².